The molecule has 0 aromatic carbocycles. The zero-order chi connectivity index (χ0) is 26.2. The summed E-state index contributed by atoms with van der Waals surface area (Å²) in [6.07, 6.45) is 0.246. The summed E-state index contributed by atoms with van der Waals surface area (Å²) in [6, 6.07) is -1.14. The van der Waals surface area contributed by atoms with Gasteiger partial charge in [-0.3, -0.25) is 29.0 Å². The lowest BCUT2D eigenvalue weighted by molar-refractivity contribution is -0.126. The first-order valence-corrected chi connectivity index (χ1v) is 11.8. The smallest absolute Gasteiger partial charge is 0.226 e. The molecule has 1 unspecified atom stereocenters. The Bertz CT molecular complexity index is 1310. The predicted octanol–water partition coefficient (Wildman–Crippen LogP) is 0.138. The van der Waals surface area contributed by atoms with E-state index in [4.69, 9.17) is 9.47 Å². The van der Waals surface area contributed by atoms with Crippen molar-refractivity contribution in [1.29, 1.82) is 5.26 Å². The van der Waals surface area contributed by atoms with Gasteiger partial charge in [0.05, 0.1) is 39.0 Å². The first kappa shape index (κ1) is 24.3. The number of methoxy groups -OCH3 is 2. The number of Topliss-reactive ketones (excluding diaryl/α,β-unsaturated/α-hetero) is 4. The molecule has 0 amide bonds. The number of fused-ring (bicyclic) bond motifs is 5. The maximum atomic E-state index is 13.6. The molecule has 36 heavy (non-hydrogen) atoms. The van der Waals surface area contributed by atoms with E-state index in [-0.39, 0.29) is 64.0 Å². The third kappa shape index (κ3) is 2.88. The molecule has 5 aliphatic rings. The minimum atomic E-state index is -0.937. The first-order valence-electron chi connectivity index (χ1n) is 11.8. The van der Waals surface area contributed by atoms with Crippen molar-refractivity contribution in [3.05, 3.63) is 45.0 Å². The Morgan fingerprint density at radius 3 is 1.89 bits per heavy atom. The number of aliphatic hydroxyl groups is 1. The van der Waals surface area contributed by atoms with Gasteiger partial charge in [0.25, 0.3) is 0 Å². The average Bonchev–Trinajstić information content (AvgIpc) is 2.86. The minimum absolute atomic E-state index is 0.0126. The van der Waals surface area contributed by atoms with Crippen LogP contribution in [0.15, 0.2) is 45.0 Å². The molecule has 1 N–H and O–H groups in total. The van der Waals surface area contributed by atoms with Gasteiger partial charge in [0, 0.05) is 45.5 Å². The highest BCUT2D eigenvalue weighted by Gasteiger charge is 2.59. The fourth-order valence-corrected chi connectivity index (χ4v) is 6.79. The first-order chi connectivity index (χ1) is 17.1. The van der Waals surface area contributed by atoms with E-state index < -0.39 is 42.6 Å². The lowest BCUT2D eigenvalue weighted by atomic mass is 9.67. The number of carbonyl (C=O) groups is 4. The van der Waals surface area contributed by atoms with Gasteiger partial charge in [-0.15, -0.1) is 0 Å². The summed E-state index contributed by atoms with van der Waals surface area (Å²) in [7, 11) is 4.46. The van der Waals surface area contributed by atoms with Crippen LogP contribution in [0.25, 0.3) is 0 Å². The fraction of sp³-hybridized carbons (Fsp3) is 0.500. The standard InChI is InChI=1S/C26H27N3O7/c1-10-21(31)12-7-15-20-19-13(22(32)11(2)26(36-5)24(19)34)6-14(28(20)3)16(8-27)29(15)17(9-30)18(12)23(33)25(10)35-4/h14-17,20,30H,6-7,9H2,1-5H3/t14?,15-,16-,17-,20-/m0/s1. The van der Waals surface area contributed by atoms with Crippen molar-refractivity contribution in [2.24, 2.45) is 0 Å². The van der Waals surface area contributed by atoms with Crippen molar-refractivity contribution in [3.8, 4) is 6.07 Å². The Kier molecular flexibility index (Phi) is 5.63. The molecule has 10 heteroatoms. The zero-order valence-corrected chi connectivity index (χ0v) is 20.7. The highest BCUT2D eigenvalue weighted by atomic mass is 16.5. The molecule has 10 nitrogen and oxygen atoms in total. The van der Waals surface area contributed by atoms with Crippen LogP contribution in [0.3, 0.4) is 0 Å². The van der Waals surface area contributed by atoms with Gasteiger partial charge in [0.1, 0.15) is 6.04 Å². The van der Waals surface area contributed by atoms with Gasteiger partial charge in [-0.1, -0.05) is 0 Å². The van der Waals surface area contributed by atoms with Gasteiger partial charge < -0.3 is 14.6 Å². The monoisotopic (exact) mass is 493 g/mol. The summed E-state index contributed by atoms with van der Waals surface area (Å²) in [6.45, 7) is 2.57. The second-order valence-corrected chi connectivity index (χ2v) is 9.79. The number of nitriles is 1. The maximum Gasteiger partial charge on any atom is 0.226 e. The number of aliphatic hydroxyl groups excluding tert-OH is 1. The van der Waals surface area contributed by atoms with Crippen molar-refractivity contribution in [3.63, 3.8) is 0 Å². The number of hydrogen-bond acceptors (Lipinski definition) is 10. The lowest BCUT2D eigenvalue weighted by Gasteiger charge is -2.60. The molecule has 3 aliphatic heterocycles. The van der Waals surface area contributed by atoms with E-state index in [1.807, 2.05) is 4.90 Å². The number of nitrogens with zero attached hydrogens (tertiary/aromatic N) is 3. The average molecular weight is 494 g/mol. The summed E-state index contributed by atoms with van der Waals surface area (Å²) in [5, 5.41) is 20.8. The van der Waals surface area contributed by atoms with E-state index in [0.717, 1.165) is 0 Å². The number of carbonyl (C=O) groups excluding carboxylic acids is 4. The molecule has 0 aromatic heterocycles. The van der Waals surface area contributed by atoms with Gasteiger partial charge in [-0.25, -0.2) is 0 Å². The van der Waals surface area contributed by atoms with E-state index in [1.54, 1.807) is 18.9 Å². The molecule has 2 bridgehead atoms. The van der Waals surface area contributed by atoms with Crippen molar-refractivity contribution in [2.45, 2.75) is 56.9 Å². The Hall–Kier alpha value is -3.39. The van der Waals surface area contributed by atoms with Crippen LogP contribution in [-0.4, -0.2) is 96.1 Å². The molecular weight excluding hydrogens is 466 g/mol. The summed E-state index contributed by atoms with van der Waals surface area (Å²) >= 11 is 0. The summed E-state index contributed by atoms with van der Waals surface area (Å²) in [4.78, 5) is 57.3. The van der Waals surface area contributed by atoms with Crippen molar-refractivity contribution < 1.29 is 33.8 Å². The summed E-state index contributed by atoms with van der Waals surface area (Å²) < 4.78 is 10.5. The quantitative estimate of drug-likeness (QED) is 0.540. The van der Waals surface area contributed by atoms with E-state index in [2.05, 4.69) is 6.07 Å². The van der Waals surface area contributed by atoms with Gasteiger partial charge in [0.2, 0.25) is 11.6 Å². The van der Waals surface area contributed by atoms with E-state index in [0.29, 0.717) is 11.1 Å². The van der Waals surface area contributed by atoms with Gasteiger partial charge in [-0.2, -0.15) is 5.26 Å². The number of ether oxygens (including phenoxy) is 2. The molecule has 1 fully saturated rings. The van der Waals surface area contributed by atoms with Crippen molar-refractivity contribution >= 4 is 23.1 Å². The largest absolute Gasteiger partial charge is 0.492 e. The van der Waals surface area contributed by atoms with Crippen molar-refractivity contribution in [2.75, 3.05) is 27.9 Å². The molecule has 5 rings (SSSR count). The van der Waals surface area contributed by atoms with Crippen LogP contribution in [0.1, 0.15) is 26.7 Å². The van der Waals surface area contributed by atoms with Crippen LogP contribution < -0.4 is 0 Å². The Balaban J connectivity index is 1.72. The Morgan fingerprint density at radius 2 is 1.39 bits per heavy atom. The molecule has 5 atom stereocenters. The van der Waals surface area contributed by atoms with Crippen LogP contribution in [0.5, 0.6) is 0 Å². The number of ketones is 4. The highest BCUT2D eigenvalue weighted by Crippen LogP contribution is 2.48. The number of likely N-dealkylation sites (N-methyl/N-ethyl adjacent to an activating group) is 1. The van der Waals surface area contributed by atoms with Crippen LogP contribution in [0, 0.1) is 11.3 Å². The SMILES string of the molecule is COC1=C(C)C(=O)C2=C(C1=O)[C@@H]1[C@@H]3CC4=C(C(=O)C(OC)=C(C)C4=O)[C@H](CO)N3[C@@H](C#N)C(C2)N1C. The summed E-state index contributed by atoms with van der Waals surface area (Å²) in [5.41, 5.74) is 1.47. The zero-order valence-electron chi connectivity index (χ0n) is 20.7. The Morgan fingerprint density at radius 1 is 0.889 bits per heavy atom. The number of piperazine rings is 1. The molecule has 0 aromatic rings. The Labute approximate surface area is 208 Å². The number of allylic oxidation sites excluding steroid dienone is 4. The molecule has 0 saturated carbocycles. The lowest BCUT2D eigenvalue weighted by Crippen LogP contribution is -2.74. The normalized spacial score (nSPS) is 33.0. The van der Waals surface area contributed by atoms with Gasteiger partial charge >= 0.3 is 0 Å². The van der Waals surface area contributed by atoms with E-state index >= 15 is 0 Å². The van der Waals surface area contributed by atoms with E-state index in [1.165, 1.54) is 21.1 Å². The number of hydrogen-bond donors (Lipinski definition) is 1. The third-order valence-electron chi connectivity index (χ3n) is 8.39. The molecule has 0 radical (unpaired) electrons. The molecule has 2 aliphatic carbocycles. The topological polar surface area (TPSA) is 137 Å². The molecule has 0 spiro atoms. The molecule has 188 valence electrons. The predicted molar refractivity (Wildman–Crippen MR) is 124 cm³/mol. The third-order valence-corrected chi connectivity index (χ3v) is 8.39. The molecular formula is C26H27N3O7. The maximum absolute atomic E-state index is 13.6. The van der Waals surface area contributed by atoms with Crippen LogP contribution in [0.2, 0.25) is 0 Å². The second kappa shape index (κ2) is 8.34. The van der Waals surface area contributed by atoms with Gasteiger partial charge in [-0.05, 0) is 33.7 Å². The fourth-order valence-electron chi connectivity index (χ4n) is 6.79. The van der Waals surface area contributed by atoms with Crippen LogP contribution in [0.4, 0.5) is 0 Å². The summed E-state index contributed by atoms with van der Waals surface area (Å²) in [5.74, 6) is -1.59. The highest BCUT2D eigenvalue weighted by molar-refractivity contribution is 6.26. The van der Waals surface area contributed by atoms with Crippen molar-refractivity contribution in [1.82, 2.24) is 9.80 Å². The second-order valence-electron chi connectivity index (χ2n) is 9.79. The van der Waals surface area contributed by atoms with Gasteiger partial charge in [0.15, 0.2) is 23.1 Å². The van der Waals surface area contributed by atoms with Crippen LogP contribution in [-0.2, 0) is 28.7 Å². The van der Waals surface area contributed by atoms with E-state index in [9.17, 15) is 29.5 Å². The molecule has 1 saturated heterocycles. The number of rotatable bonds is 3. The molecule has 3 heterocycles. The minimum Gasteiger partial charge on any atom is -0.492 e. The van der Waals surface area contributed by atoms with Crippen LogP contribution >= 0.6 is 0 Å².